The summed E-state index contributed by atoms with van der Waals surface area (Å²) < 4.78 is 54.7. The molecule has 0 saturated heterocycles. The first-order valence-corrected chi connectivity index (χ1v) is 11.6. The van der Waals surface area contributed by atoms with E-state index in [-0.39, 0.29) is 5.56 Å². The van der Waals surface area contributed by atoms with Crippen molar-refractivity contribution in [1.82, 2.24) is 9.97 Å². The summed E-state index contributed by atoms with van der Waals surface area (Å²) in [7, 11) is 0. The minimum atomic E-state index is -3.68. The number of ether oxygens (including phenoxy) is 2. The van der Waals surface area contributed by atoms with Gasteiger partial charge in [0.05, 0.1) is 36.9 Å². The van der Waals surface area contributed by atoms with Gasteiger partial charge in [0.15, 0.2) is 0 Å². The first kappa shape index (κ1) is 23.6. The van der Waals surface area contributed by atoms with Crippen LogP contribution >= 0.6 is 0 Å². The van der Waals surface area contributed by atoms with Crippen LogP contribution in [0, 0.1) is 12.7 Å². The molecule has 2 aliphatic heterocycles. The van der Waals surface area contributed by atoms with Gasteiger partial charge in [-0.05, 0) is 38.0 Å². The second-order valence-electron chi connectivity index (χ2n) is 8.84. The van der Waals surface area contributed by atoms with Gasteiger partial charge in [-0.2, -0.15) is 8.78 Å². The van der Waals surface area contributed by atoms with Crippen molar-refractivity contribution in [2.75, 3.05) is 31.7 Å². The topological polar surface area (TPSA) is 76.5 Å². The molecule has 0 fully saturated rings. The Labute approximate surface area is 200 Å². The zero-order chi connectivity index (χ0) is 24.7. The molecule has 3 heterocycles. The lowest BCUT2D eigenvalue weighted by Gasteiger charge is -2.22. The fraction of sp³-hybridized carbons (Fsp3) is 0.385. The molecule has 0 aliphatic carbocycles. The molecule has 0 spiro atoms. The van der Waals surface area contributed by atoms with Gasteiger partial charge in [0.25, 0.3) is 5.92 Å². The Bertz CT molecular complexity index is 1330. The summed E-state index contributed by atoms with van der Waals surface area (Å²) in [6.45, 7) is 3.70. The van der Waals surface area contributed by atoms with Crippen LogP contribution in [0.3, 0.4) is 0 Å². The molecule has 0 radical (unpaired) electrons. The Morgan fingerprint density at radius 1 is 1.20 bits per heavy atom. The molecule has 2 aliphatic rings. The van der Waals surface area contributed by atoms with Crippen molar-refractivity contribution >= 4 is 22.3 Å². The molecule has 5 rings (SSSR count). The first-order chi connectivity index (χ1) is 16.8. The number of halogens is 3. The van der Waals surface area contributed by atoms with Gasteiger partial charge in [-0.25, -0.2) is 14.4 Å². The van der Waals surface area contributed by atoms with Gasteiger partial charge in [-0.15, -0.1) is 0 Å². The van der Waals surface area contributed by atoms with E-state index in [4.69, 9.17) is 14.6 Å². The maximum Gasteiger partial charge on any atom is 0.298 e. The van der Waals surface area contributed by atoms with Crippen LogP contribution in [0.25, 0.3) is 16.5 Å². The number of fused-ring (bicyclic) bond motifs is 3. The Morgan fingerprint density at radius 2 is 2.03 bits per heavy atom. The molecule has 35 heavy (non-hydrogen) atoms. The van der Waals surface area contributed by atoms with E-state index in [9.17, 15) is 8.78 Å². The molecular formula is C26H26F3N3O3. The third-order valence-corrected chi connectivity index (χ3v) is 6.50. The van der Waals surface area contributed by atoms with E-state index in [0.29, 0.717) is 37.9 Å². The highest BCUT2D eigenvalue weighted by Crippen LogP contribution is 2.42. The van der Waals surface area contributed by atoms with Crippen molar-refractivity contribution in [2.24, 2.45) is 0 Å². The molecule has 1 atom stereocenters. The minimum absolute atomic E-state index is 0.0527. The third-order valence-electron chi connectivity index (χ3n) is 6.50. The molecule has 1 aromatic heterocycles. The fourth-order valence-corrected chi connectivity index (χ4v) is 4.73. The van der Waals surface area contributed by atoms with Gasteiger partial charge < -0.3 is 19.9 Å². The van der Waals surface area contributed by atoms with Crippen molar-refractivity contribution < 1.29 is 27.8 Å². The Hall–Kier alpha value is -3.17. The first-order valence-electron chi connectivity index (χ1n) is 11.6. The summed E-state index contributed by atoms with van der Waals surface area (Å²) in [4.78, 5) is 9.25. The number of anilines is 1. The van der Waals surface area contributed by atoms with Crippen LogP contribution in [-0.2, 0) is 17.1 Å². The summed E-state index contributed by atoms with van der Waals surface area (Å²) >= 11 is 0. The third kappa shape index (κ3) is 4.23. The standard InChI is InChI=1S/C26H26F3N3O3/c1-14(17-4-3-5-21(22(17)27)26(28,29)13-33)30-25-20-12-19(16-6-9-34-10-7-16)24-18(8-11-35-24)23(20)31-15(2)32-25/h3-6,12,14,33H,7-11,13H2,1-2H3,(H,30,31,32)/t14-/m1/s1. The summed E-state index contributed by atoms with van der Waals surface area (Å²) in [6, 6.07) is 5.10. The molecule has 0 bridgehead atoms. The molecule has 0 saturated carbocycles. The number of aromatic nitrogens is 2. The predicted octanol–water partition coefficient (Wildman–Crippen LogP) is 5.07. The van der Waals surface area contributed by atoms with Gasteiger partial charge in [-0.3, -0.25) is 0 Å². The lowest BCUT2D eigenvalue weighted by molar-refractivity contribution is -0.0583. The van der Waals surface area contributed by atoms with Crippen LogP contribution in [-0.4, -0.2) is 41.5 Å². The quantitative estimate of drug-likeness (QED) is 0.508. The molecule has 2 N–H and O–H groups in total. The highest BCUT2D eigenvalue weighted by atomic mass is 19.3. The molecule has 6 nitrogen and oxygen atoms in total. The molecule has 2 aromatic carbocycles. The number of aryl methyl sites for hydroxylation is 1. The molecule has 9 heteroatoms. The molecule has 0 amide bonds. The number of nitrogens with one attached hydrogen (secondary N) is 1. The van der Waals surface area contributed by atoms with Crippen LogP contribution < -0.4 is 10.1 Å². The zero-order valence-electron chi connectivity index (χ0n) is 19.5. The molecule has 184 valence electrons. The minimum Gasteiger partial charge on any atom is -0.492 e. The SMILES string of the molecule is Cc1nc(N[C@H](C)c2cccc(C(F)(F)CO)c2F)c2cc(C3=CCOCC3)c3c(c2n1)CCO3. The number of hydrogen-bond donors (Lipinski definition) is 2. The van der Waals surface area contributed by atoms with Crippen LogP contribution in [0.2, 0.25) is 0 Å². The zero-order valence-corrected chi connectivity index (χ0v) is 19.5. The maximum atomic E-state index is 15.1. The second-order valence-corrected chi connectivity index (χ2v) is 8.84. The summed E-state index contributed by atoms with van der Waals surface area (Å²) in [5.41, 5.74) is 3.07. The Balaban J connectivity index is 1.60. The van der Waals surface area contributed by atoms with Gasteiger partial charge in [-0.1, -0.05) is 18.2 Å². The lowest BCUT2D eigenvalue weighted by atomic mass is 9.95. The average Bonchev–Trinajstić information content (AvgIpc) is 3.34. The van der Waals surface area contributed by atoms with Crippen LogP contribution in [0.5, 0.6) is 5.75 Å². The van der Waals surface area contributed by atoms with Gasteiger partial charge in [0.2, 0.25) is 0 Å². The Kier molecular flexibility index (Phi) is 6.14. The number of nitrogens with zero attached hydrogens (tertiary/aromatic N) is 2. The van der Waals surface area contributed by atoms with E-state index in [0.717, 1.165) is 45.8 Å². The number of alkyl halides is 2. The number of aliphatic hydroxyl groups is 1. The van der Waals surface area contributed by atoms with Gasteiger partial charge in [0, 0.05) is 28.5 Å². The normalized spacial score (nSPS) is 16.6. The summed E-state index contributed by atoms with van der Waals surface area (Å²) in [5, 5.41) is 13.0. The summed E-state index contributed by atoms with van der Waals surface area (Å²) in [6.07, 6.45) is 3.51. The molecular weight excluding hydrogens is 459 g/mol. The number of hydrogen-bond acceptors (Lipinski definition) is 6. The molecule has 0 unspecified atom stereocenters. The van der Waals surface area contributed by atoms with Crippen LogP contribution in [0.15, 0.2) is 30.3 Å². The van der Waals surface area contributed by atoms with E-state index >= 15 is 4.39 Å². The average molecular weight is 486 g/mol. The Morgan fingerprint density at radius 3 is 2.77 bits per heavy atom. The van der Waals surface area contributed by atoms with Crippen molar-refractivity contribution in [2.45, 2.75) is 38.7 Å². The number of aliphatic hydroxyl groups excluding tert-OH is 1. The van der Waals surface area contributed by atoms with Crippen molar-refractivity contribution in [1.29, 1.82) is 0 Å². The number of rotatable bonds is 6. The lowest BCUT2D eigenvalue weighted by Crippen LogP contribution is -2.22. The van der Waals surface area contributed by atoms with Crippen LogP contribution in [0.4, 0.5) is 19.0 Å². The van der Waals surface area contributed by atoms with Crippen molar-refractivity contribution in [3.63, 3.8) is 0 Å². The van der Waals surface area contributed by atoms with Gasteiger partial charge in [0.1, 0.15) is 29.8 Å². The van der Waals surface area contributed by atoms with E-state index < -0.39 is 30.0 Å². The van der Waals surface area contributed by atoms with E-state index in [1.165, 1.54) is 12.1 Å². The smallest absolute Gasteiger partial charge is 0.298 e. The second kappa shape index (κ2) is 9.13. The van der Waals surface area contributed by atoms with Crippen molar-refractivity contribution in [3.05, 3.63) is 64.2 Å². The van der Waals surface area contributed by atoms with Crippen molar-refractivity contribution in [3.8, 4) is 5.75 Å². The van der Waals surface area contributed by atoms with E-state index in [2.05, 4.69) is 15.3 Å². The van der Waals surface area contributed by atoms with E-state index in [1.807, 2.05) is 12.1 Å². The highest BCUT2D eigenvalue weighted by Gasteiger charge is 2.35. The predicted molar refractivity (Wildman–Crippen MR) is 126 cm³/mol. The van der Waals surface area contributed by atoms with Gasteiger partial charge >= 0.3 is 0 Å². The number of benzene rings is 2. The fourth-order valence-electron chi connectivity index (χ4n) is 4.73. The maximum absolute atomic E-state index is 15.1. The van der Waals surface area contributed by atoms with E-state index in [1.54, 1.807) is 13.8 Å². The van der Waals surface area contributed by atoms with Crippen LogP contribution in [0.1, 0.15) is 47.5 Å². The summed E-state index contributed by atoms with van der Waals surface area (Å²) in [5.74, 6) is -2.88. The largest absolute Gasteiger partial charge is 0.492 e. The molecule has 3 aromatic rings. The monoisotopic (exact) mass is 485 g/mol. The highest BCUT2D eigenvalue weighted by molar-refractivity contribution is 5.97.